The van der Waals surface area contributed by atoms with Crippen LogP contribution in [-0.2, 0) is 9.59 Å². The second kappa shape index (κ2) is 6.86. The zero-order chi connectivity index (χ0) is 12.8. The minimum Gasteiger partial charge on any atom is -0.480 e. The highest BCUT2D eigenvalue weighted by atomic mass is 32.2. The Morgan fingerprint density at radius 3 is 2.82 bits per heavy atom. The third-order valence-corrected chi connectivity index (χ3v) is 4.01. The average Bonchev–Trinajstić information content (AvgIpc) is 2.29. The molecule has 1 fully saturated rings. The number of carboxylic acid groups (broad SMARTS) is 1. The van der Waals surface area contributed by atoms with Crippen LogP contribution in [0.1, 0.15) is 26.2 Å². The molecule has 17 heavy (non-hydrogen) atoms. The van der Waals surface area contributed by atoms with E-state index in [0.29, 0.717) is 11.8 Å². The minimum absolute atomic E-state index is 0.0970. The third kappa shape index (κ3) is 4.55. The molecule has 0 aromatic heterocycles. The SMILES string of the molecule is CC1CCCCN1C(=O)CSC[C@H](N)C(=O)O. The number of piperidine rings is 1. The molecule has 6 heteroatoms. The van der Waals surface area contributed by atoms with E-state index in [4.69, 9.17) is 10.8 Å². The van der Waals surface area contributed by atoms with Crippen LogP contribution in [0.5, 0.6) is 0 Å². The van der Waals surface area contributed by atoms with E-state index in [1.807, 2.05) is 4.90 Å². The normalized spacial score (nSPS) is 22.2. The summed E-state index contributed by atoms with van der Waals surface area (Å²) in [5.74, 6) is -0.315. The molecule has 5 nitrogen and oxygen atoms in total. The van der Waals surface area contributed by atoms with Gasteiger partial charge in [-0.25, -0.2) is 0 Å². The highest BCUT2D eigenvalue weighted by Gasteiger charge is 2.23. The summed E-state index contributed by atoms with van der Waals surface area (Å²) in [4.78, 5) is 24.3. The number of carboxylic acids is 1. The second-order valence-corrected chi connectivity index (χ2v) is 5.42. The molecule has 98 valence electrons. The van der Waals surface area contributed by atoms with Crippen molar-refractivity contribution >= 4 is 23.6 Å². The van der Waals surface area contributed by atoms with E-state index < -0.39 is 12.0 Å². The maximum absolute atomic E-state index is 11.9. The zero-order valence-electron chi connectivity index (χ0n) is 10.1. The van der Waals surface area contributed by atoms with E-state index in [1.165, 1.54) is 18.2 Å². The van der Waals surface area contributed by atoms with Crippen LogP contribution >= 0.6 is 11.8 Å². The lowest BCUT2D eigenvalue weighted by Gasteiger charge is -2.33. The van der Waals surface area contributed by atoms with Gasteiger partial charge in [-0.2, -0.15) is 0 Å². The molecule has 0 aliphatic carbocycles. The Morgan fingerprint density at radius 1 is 1.53 bits per heavy atom. The molecular formula is C11H20N2O3S. The first-order chi connectivity index (χ1) is 8.02. The van der Waals surface area contributed by atoms with E-state index in [0.717, 1.165) is 19.4 Å². The maximum atomic E-state index is 11.9. The summed E-state index contributed by atoms with van der Waals surface area (Å²) >= 11 is 1.30. The highest BCUT2D eigenvalue weighted by molar-refractivity contribution is 8.00. The first-order valence-corrected chi connectivity index (χ1v) is 7.03. The molecule has 1 aliphatic heterocycles. The number of carbonyl (C=O) groups is 2. The van der Waals surface area contributed by atoms with Gasteiger partial charge in [-0.3, -0.25) is 9.59 Å². The number of hydrogen-bond donors (Lipinski definition) is 2. The Kier molecular flexibility index (Phi) is 5.77. The quantitative estimate of drug-likeness (QED) is 0.753. The van der Waals surface area contributed by atoms with Crippen molar-refractivity contribution in [2.75, 3.05) is 18.1 Å². The fourth-order valence-electron chi connectivity index (χ4n) is 1.90. The first kappa shape index (κ1) is 14.3. The number of carbonyl (C=O) groups excluding carboxylic acids is 1. The summed E-state index contributed by atoms with van der Waals surface area (Å²) in [5, 5.41) is 8.60. The van der Waals surface area contributed by atoms with Gasteiger partial charge in [0.15, 0.2) is 0 Å². The molecular weight excluding hydrogens is 240 g/mol. The number of nitrogens with zero attached hydrogens (tertiary/aromatic N) is 1. The topological polar surface area (TPSA) is 83.6 Å². The Morgan fingerprint density at radius 2 is 2.24 bits per heavy atom. The van der Waals surface area contributed by atoms with Crippen molar-refractivity contribution in [3.05, 3.63) is 0 Å². The summed E-state index contributed by atoms with van der Waals surface area (Å²) in [5.41, 5.74) is 5.36. The first-order valence-electron chi connectivity index (χ1n) is 5.88. The van der Waals surface area contributed by atoms with Crippen molar-refractivity contribution in [3.8, 4) is 0 Å². The molecule has 3 N–H and O–H groups in total. The van der Waals surface area contributed by atoms with E-state index in [-0.39, 0.29) is 11.7 Å². The lowest BCUT2D eigenvalue weighted by Crippen LogP contribution is -2.43. The molecule has 0 aromatic carbocycles. The van der Waals surface area contributed by atoms with E-state index in [2.05, 4.69) is 6.92 Å². The van der Waals surface area contributed by atoms with Gasteiger partial charge in [-0.15, -0.1) is 11.8 Å². The van der Waals surface area contributed by atoms with Gasteiger partial charge in [-0.05, 0) is 26.2 Å². The van der Waals surface area contributed by atoms with Crippen molar-refractivity contribution < 1.29 is 14.7 Å². The number of nitrogens with two attached hydrogens (primary N) is 1. The van der Waals surface area contributed by atoms with Crippen LogP contribution in [0.15, 0.2) is 0 Å². The fraction of sp³-hybridized carbons (Fsp3) is 0.818. The molecule has 2 atom stereocenters. The minimum atomic E-state index is -1.02. The molecule has 0 aromatic rings. The summed E-state index contributed by atoms with van der Waals surface area (Å²) < 4.78 is 0. The van der Waals surface area contributed by atoms with E-state index >= 15 is 0 Å². The van der Waals surface area contributed by atoms with Crippen molar-refractivity contribution in [1.82, 2.24) is 4.90 Å². The molecule has 1 aliphatic rings. The van der Waals surface area contributed by atoms with Crippen LogP contribution in [0.3, 0.4) is 0 Å². The van der Waals surface area contributed by atoms with Gasteiger partial charge < -0.3 is 15.7 Å². The van der Waals surface area contributed by atoms with Gasteiger partial charge in [0.2, 0.25) is 5.91 Å². The van der Waals surface area contributed by atoms with Crippen molar-refractivity contribution in [2.45, 2.75) is 38.3 Å². The molecule has 0 radical (unpaired) electrons. The third-order valence-electron chi connectivity index (χ3n) is 2.96. The van der Waals surface area contributed by atoms with Gasteiger partial charge in [-0.1, -0.05) is 0 Å². The van der Waals surface area contributed by atoms with Crippen LogP contribution in [-0.4, -0.2) is 52.0 Å². The smallest absolute Gasteiger partial charge is 0.321 e. The fourth-order valence-corrected chi connectivity index (χ4v) is 2.75. The maximum Gasteiger partial charge on any atom is 0.321 e. The number of hydrogen-bond acceptors (Lipinski definition) is 4. The molecule has 1 saturated heterocycles. The van der Waals surface area contributed by atoms with Crippen LogP contribution in [0, 0.1) is 0 Å². The Labute approximate surface area is 106 Å². The largest absolute Gasteiger partial charge is 0.480 e. The summed E-state index contributed by atoms with van der Waals surface area (Å²) in [6.07, 6.45) is 3.31. The summed E-state index contributed by atoms with van der Waals surface area (Å²) in [6, 6.07) is -0.573. The highest BCUT2D eigenvalue weighted by Crippen LogP contribution is 2.17. The number of aliphatic carboxylic acids is 1. The van der Waals surface area contributed by atoms with Gasteiger partial charge in [0, 0.05) is 18.3 Å². The van der Waals surface area contributed by atoms with Crippen LogP contribution in [0.25, 0.3) is 0 Å². The van der Waals surface area contributed by atoms with Crippen molar-refractivity contribution in [2.24, 2.45) is 5.73 Å². The Bertz CT molecular complexity index is 286. The molecule has 1 rings (SSSR count). The van der Waals surface area contributed by atoms with Gasteiger partial charge >= 0.3 is 5.97 Å². The summed E-state index contributed by atoms with van der Waals surface area (Å²) in [6.45, 7) is 2.89. The van der Waals surface area contributed by atoms with Crippen LogP contribution in [0.4, 0.5) is 0 Å². The Balaban J connectivity index is 2.26. The van der Waals surface area contributed by atoms with E-state index in [9.17, 15) is 9.59 Å². The molecule has 0 bridgehead atoms. The lowest BCUT2D eigenvalue weighted by atomic mass is 10.0. The predicted molar refractivity (Wildman–Crippen MR) is 68.0 cm³/mol. The number of thioether (sulfide) groups is 1. The zero-order valence-corrected chi connectivity index (χ0v) is 10.9. The number of amides is 1. The van der Waals surface area contributed by atoms with Crippen molar-refractivity contribution in [3.63, 3.8) is 0 Å². The van der Waals surface area contributed by atoms with Crippen LogP contribution < -0.4 is 5.73 Å². The molecule has 0 saturated carbocycles. The summed E-state index contributed by atoms with van der Waals surface area (Å²) in [7, 11) is 0. The molecule has 1 heterocycles. The second-order valence-electron chi connectivity index (χ2n) is 4.39. The lowest BCUT2D eigenvalue weighted by molar-refractivity contribution is -0.138. The number of likely N-dealkylation sites (tertiary alicyclic amines) is 1. The van der Waals surface area contributed by atoms with E-state index in [1.54, 1.807) is 0 Å². The Hall–Kier alpha value is -0.750. The van der Waals surface area contributed by atoms with Gasteiger partial charge in [0.25, 0.3) is 0 Å². The molecule has 0 spiro atoms. The average molecular weight is 260 g/mol. The monoisotopic (exact) mass is 260 g/mol. The van der Waals surface area contributed by atoms with Crippen LogP contribution in [0.2, 0.25) is 0 Å². The van der Waals surface area contributed by atoms with Gasteiger partial charge in [0.05, 0.1) is 5.75 Å². The predicted octanol–water partition coefficient (Wildman–Crippen LogP) is 0.532. The molecule has 1 unspecified atom stereocenters. The standard InChI is InChI=1S/C11H20N2O3S/c1-8-4-2-3-5-13(8)10(14)7-17-6-9(12)11(15)16/h8-9H,2-7,12H2,1H3,(H,15,16)/t8?,9-/m0/s1. The number of rotatable bonds is 5. The molecule has 1 amide bonds. The van der Waals surface area contributed by atoms with Crippen molar-refractivity contribution in [1.29, 1.82) is 0 Å². The van der Waals surface area contributed by atoms with Gasteiger partial charge in [0.1, 0.15) is 6.04 Å².